The summed E-state index contributed by atoms with van der Waals surface area (Å²) in [6, 6.07) is 0. The second-order valence-electron chi connectivity index (χ2n) is 2.07. The molecular formula is C5H10O3. The van der Waals surface area contributed by atoms with Gasteiger partial charge in [0.1, 0.15) is 6.10 Å². The monoisotopic (exact) mass is 118 g/mol. The highest BCUT2D eigenvalue weighted by Crippen LogP contribution is 2.22. The maximum Gasteiger partial charge on any atom is 0.106 e. The molecule has 0 aromatic rings. The molecule has 0 aromatic heterocycles. The van der Waals surface area contributed by atoms with Gasteiger partial charge in [-0.15, -0.1) is 0 Å². The summed E-state index contributed by atoms with van der Waals surface area (Å²) in [6.07, 6.45) is -0.776. The fourth-order valence-electron chi connectivity index (χ4n) is 0.804. The molecule has 0 bridgehead atoms. The Morgan fingerprint density at radius 1 is 1.50 bits per heavy atom. The molecule has 3 atom stereocenters. The van der Waals surface area contributed by atoms with Crippen LogP contribution < -0.4 is 0 Å². The summed E-state index contributed by atoms with van der Waals surface area (Å²) in [4.78, 5) is 0. The Hall–Kier alpha value is -0.120. The lowest BCUT2D eigenvalue weighted by molar-refractivity contribution is -0.156. The van der Waals surface area contributed by atoms with Gasteiger partial charge in [0, 0.05) is 13.5 Å². The largest absolute Gasteiger partial charge is 0.390 e. The highest BCUT2D eigenvalue weighted by molar-refractivity contribution is 4.89. The predicted octanol–water partition coefficient (Wildman–Crippen LogP) is -0.873. The van der Waals surface area contributed by atoms with Gasteiger partial charge in [-0.3, -0.25) is 0 Å². The van der Waals surface area contributed by atoms with Gasteiger partial charge in [0.2, 0.25) is 0 Å². The van der Waals surface area contributed by atoms with Gasteiger partial charge in [0.05, 0.1) is 12.2 Å². The molecule has 0 spiro atoms. The molecule has 3 heteroatoms. The number of methoxy groups -OCH3 is 1. The first-order chi connectivity index (χ1) is 3.75. The maximum atomic E-state index is 8.80. The number of aliphatic hydroxyl groups excluding tert-OH is 2. The third kappa shape index (κ3) is 0.727. The summed E-state index contributed by atoms with van der Waals surface area (Å²) < 4.78 is 4.76. The molecule has 3 nitrogen and oxygen atoms in total. The van der Waals surface area contributed by atoms with Crippen molar-refractivity contribution < 1.29 is 14.9 Å². The lowest BCUT2D eigenvalue weighted by Gasteiger charge is -2.36. The van der Waals surface area contributed by atoms with Crippen LogP contribution in [0.3, 0.4) is 0 Å². The Balaban J connectivity index is 2.25. The molecular weight excluding hydrogens is 108 g/mol. The molecule has 0 heterocycles. The van der Waals surface area contributed by atoms with Crippen molar-refractivity contribution >= 4 is 0 Å². The summed E-state index contributed by atoms with van der Waals surface area (Å²) in [5.74, 6) is 0. The van der Waals surface area contributed by atoms with Crippen LogP contribution in [0.5, 0.6) is 0 Å². The summed E-state index contributed by atoms with van der Waals surface area (Å²) in [7, 11) is 1.53. The molecule has 2 N–H and O–H groups in total. The average Bonchev–Trinajstić information content (AvgIpc) is 1.81. The number of hydrogen-bond acceptors (Lipinski definition) is 3. The molecule has 0 aromatic carbocycles. The number of hydrogen-bond donors (Lipinski definition) is 2. The normalized spacial score (nSPS) is 46.1. The zero-order valence-electron chi connectivity index (χ0n) is 4.74. The van der Waals surface area contributed by atoms with Crippen LogP contribution in [0, 0.1) is 0 Å². The molecule has 1 fully saturated rings. The van der Waals surface area contributed by atoms with Crippen LogP contribution in [0.2, 0.25) is 0 Å². The molecule has 1 unspecified atom stereocenters. The minimum Gasteiger partial charge on any atom is -0.390 e. The highest BCUT2D eigenvalue weighted by Gasteiger charge is 2.38. The van der Waals surface area contributed by atoms with Crippen molar-refractivity contribution in [3.8, 4) is 0 Å². The smallest absolute Gasteiger partial charge is 0.106 e. The third-order valence-electron chi connectivity index (χ3n) is 1.55. The highest BCUT2D eigenvalue weighted by atomic mass is 16.5. The fraction of sp³-hybridized carbons (Fsp3) is 1.00. The van der Waals surface area contributed by atoms with Gasteiger partial charge in [-0.2, -0.15) is 0 Å². The first-order valence-corrected chi connectivity index (χ1v) is 2.64. The molecule has 48 valence electrons. The minimum atomic E-state index is -0.653. The zero-order valence-corrected chi connectivity index (χ0v) is 4.74. The molecule has 8 heavy (non-hydrogen) atoms. The molecule has 1 saturated carbocycles. The molecule has 0 saturated heterocycles. The summed E-state index contributed by atoms with van der Waals surface area (Å²) >= 11 is 0. The quantitative estimate of drug-likeness (QED) is 0.470. The standard InChI is InChI=1S/C5H10O3/c1-8-4-2-3(6)5(4)7/h3-7H,2H2,1H3/t3-,4?,5-/m1/s1. The van der Waals surface area contributed by atoms with Gasteiger partial charge in [-0.25, -0.2) is 0 Å². The molecule has 1 rings (SSSR count). The van der Waals surface area contributed by atoms with Crippen LogP contribution >= 0.6 is 0 Å². The van der Waals surface area contributed by atoms with Crippen molar-refractivity contribution in [3.63, 3.8) is 0 Å². The molecule has 0 radical (unpaired) electrons. The van der Waals surface area contributed by atoms with E-state index in [1.807, 2.05) is 0 Å². The van der Waals surface area contributed by atoms with Gasteiger partial charge in [-0.05, 0) is 0 Å². The first kappa shape index (κ1) is 6.01. The van der Waals surface area contributed by atoms with E-state index >= 15 is 0 Å². The van der Waals surface area contributed by atoms with E-state index in [1.165, 1.54) is 7.11 Å². The van der Waals surface area contributed by atoms with E-state index < -0.39 is 12.2 Å². The molecule has 0 aliphatic heterocycles. The second kappa shape index (κ2) is 2.01. The van der Waals surface area contributed by atoms with Crippen LogP contribution in [0.4, 0.5) is 0 Å². The maximum absolute atomic E-state index is 8.80. The summed E-state index contributed by atoms with van der Waals surface area (Å²) in [5.41, 5.74) is 0. The van der Waals surface area contributed by atoms with Crippen LogP contribution in [-0.4, -0.2) is 35.6 Å². The van der Waals surface area contributed by atoms with E-state index in [0.29, 0.717) is 6.42 Å². The van der Waals surface area contributed by atoms with Gasteiger partial charge in [-0.1, -0.05) is 0 Å². The van der Waals surface area contributed by atoms with Crippen molar-refractivity contribution in [2.75, 3.05) is 7.11 Å². The minimum absolute atomic E-state index is 0.134. The van der Waals surface area contributed by atoms with E-state index in [0.717, 1.165) is 0 Å². The topological polar surface area (TPSA) is 49.7 Å². The van der Waals surface area contributed by atoms with Gasteiger partial charge in [0.25, 0.3) is 0 Å². The Morgan fingerprint density at radius 2 is 2.12 bits per heavy atom. The van der Waals surface area contributed by atoms with Gasteiger partial charge >= 0.3 is 0 Å². The SMILES string of the molecule is COC1C[C@@H](O)[C@H]1O. The number of aliphatic hydroxyl groups is 2. The Kier molecular flexibility index (Phi) is 1.51. The average molecular weight is 118 g/mol. The van der Waals surface area contributed by atoms with E-state index in [-0.39, 0.29) is 6.10 Å². The lowest BCUT2D eigenvalue weighted by atomic mass is 9.88. The summed E-state index contributed by atoms with van der Waals surface area (Å²) in [5, 5.41) is 17.5. The molecule has 1 aliphatic rings. The van der Waals surface area contributed by atoms with Crippen molar-refractivity contribution in [3.05, 3.63) is 0 Å². The molecule has 1 aliphatic carbocycles. The van der Waals surface area contributed by atoms with Crippen LogP contribution in [0.15, 0.2) is 0 Å². The predicted molar refractivity (Wildman–Crippen MR) is 27.4 cm³/mol. The van der Waals surface area contributed by atoms with Gasteiger partial charge < -0.3 is 14.9 Å². The number of rotatable bonds is 1. The first-order valence-electron chi connectivity index (χ1n) is 2.64. The van der Waals surface area contributed by atoms with Crippen molar-refractivity contribution in [1.29, 1.82) is 0 Å². The Morgan fingerprint density at radius 3 is 2.25 bits per heavy atom. The third-order valence-corrected chi connectivity index (χ3v) is 1.55. The van der Waals surface area contributed by atoms with Crippen molar-refractivity contribution in [1.82, 2.24) is 0 Å². The van der Waals surface area contributed by atoms with E-state index in [1.54, 1.807) is 0 Å². The van der Waals surface area contributed by atoms with Crippen LogP contribution in [-0.2, 0) is 4.74 Å². The van der Waals surface area contributed by atoms with E-state index in [9.17, 15) is 0 Å². The Labute approximate surface area is 47.9 Å². The van der Waals surface area contributed by atoms with Crippen molar-refractivity contribution in [2.24, 2.45) is 0 Å². The number of ether oxygens (including phenoxy) is 1. The zero-order chi connectivity index (χ0) is 6.15. The fourth-order valence-corrected chi connectivity index (χ4v) is 0.804. The van der Waals surface area contributed by atoms with E-state index in [4.69, 9.17) is 14.9 Å². The van der Waals surface area contributed by atoms with Crippen LogP contribution in [0.1, 0.15) is 6.42 Å². The van der Waals surface area contributed by atoms with Crippen molar-refractivity contribution in [2.45, 2.75) is 24.7 Å². The lowest BCUT2D eigenvalue weighted by Crippen LogP contribution is -2.51. The van der Waals surface area contributed by atoms with E-state index in [2.05, 4.69) is 0 Å². The Bertz CT molecular complexity index is 83.7. The summed E-state index contributed by atoms with van der Waals surface area (Å²) in [6.45, 7) is 0. The molecule has 0 amide bonds. The van der Waals surface area contributed by atoms with Gasteiger partial charge in [0.15, 0.2) is 0 Å². The second-order valence-corrected chi connectivity index (χ2v) is 2.07. The van der Waals surface area contributed by atoms with Crippen LogP contribution in [0.25, 0.3) is 0 Å².